The second-order valence-corrected chi connectivity index (χ2v) is 7.28. The highest BCUT2D eigenvalue weighted by atomic mass is 16.5. The highest BCUT2D eigenvalue weighted by Gasteiger charge is 2.20. The molecule has 160 valence electrons. The van der Waals surface area contributed by atoms with Crippen LogP contribution in [-0.4, -0.2) is 57.9 Å². The fourth-order valence-electron chi connectivity index (χ4n) is 3.60. The monoisotopic (exact) mass is 419 g/mol. The Balaban J connectivity index is 1.45. The lowest BCUT2D eigenvalue weighted by molar-refractivity contribution is 0.103. The molecule has 0 radical (unpaired) electrons. The van der Waals surface area contributed by atoms with Crippen molar-refractivity contribution < 1.29 is 9.47 Å². The van der Waals surface area contributed by atoms with Gasteiger partial charge in [-0.15, -0.1) is 4.98 Å². The van der Waals surface area contributed by atoms with Crippen molar-refractivity contribution in [1.82, 2.24) is 25.1 Å². The zero-order valence-corrected chi connectivity index (χ0v) is 17.6. The van der Waals surface area contributed by atoms with Gasteiger partial charge in [-0.3, -0.25) is 5.10 Å². The minimum atomic E-state index is 0.233. The Labute approximate surface area is 181 Å². The van der Waals surface area contributed by atoms with Crippen LogP contribution in [0.2, 0.25) is 0 Å². The van der Waals surface area contributed by atoms with Gasteiger partial charge in [0.25, 0.3) is 5.82 Å². The third-order valence-corrected chi connectivity index (χ3v) is 5.33. The second-order valence-electron chi connectivity index (χ2n) is 7.28. The van der Waals surface area contributed by atoms with Crippen molar-refractivity contribution in [1.29, 1.82) is 0 Å². The number of likely N-dealkylation sites (tertiary alicyclic amines) is 1. The van der Waals surface area contributed by atoms with Crippen LogP contribution in [0.15, 0.2) is 36.7 Å². The number of aromatic amines is 1. The number of aromatic nitrogens is 4. The van der Waals surface area contributed by atoms with Gasteiger partial charge in [0.2, 0.25) is 0 Å². The molecule has 2 aromatic heterocycles. The van der Waals surface area contributed by atoms with E-state index >= 15 is 0 Å². The van der Waals surface area contributed by atoms with Gasteiger partial charge < -0.3 is 24.5 Å². The number of hydrogen-bond acceptors (Lipinski definition) is 7. The summed E-state index contributed by atoms with van der Waals surface area (Å²) in [5.41, 5.74) is 1.68. The SMILES string of the molecule is [C-]#[N+]c1cnc(Nc2cc(-c3ccc(OC4CCN(CC)CC4)cc3OC)[nH]n2)cn1. The topological polar surface area (TPSA) is 92.6 Å². The van der Waals surface area contributed by atoms with Crippen molar-refractivity contribution in [2.45, 2.75) is 25.9 Å². The summed E-state index contributed by atoms with van der Waals surface area (Å²) in [6, 6.07) is 7.72. The number of hydrogen-bond donors (Lipinski definition) is 2. The smallest absolute Gasteiger partial charge is 0.288 e. The standard InChI is InChI=1S/C22H25N7O2/c1-4-29-9-7-15(8-10-29)31-16-5-6-17(19(11-16)30-3)18-12-20(28-27-18)26-22-14-24-21(23-2)13-25-22/h5-6,11-15H,4,7-10H2,1,3H3,(H2,25,26,27,28). The number of H-pyrrole nitrogens is 1. The number of benzene rings is 1. The molecule has 1 aliphatic rings. The minimum Gasteiger partial charge on any atom is -0.496 e. The zero-order valence-electron chi connectivity index (χ0n) is 17.6. The highest BCUT2D eigenvalue weighted by molar-refractivity contribution is 5.71. The summed E-state index contributed by atoms with van der Waals surface area (Å²) < 4.78 is 11.8. The first-order valence-corrected chi connectivity index (χ1v) is 10.3. The summed E-state index contributed by atoms with van der Waals surface area (Å²) in [7, 11) is 1.65. The number of anilines is 2. The molecule has 2 N–H and O–H groups in total. The van der Waals surface area contributed by atoms with E-state index in [9.17, 15) is 0 Å². The maximum absolute atomic E-state index is 6.94. The molecular weight excluding hydrogens is 394 g/mol. The molecule has 0 amide bonds. The lowest BCUT2D eigenvalue weighted by Gasteiger charge is -2.31. The molecule has 0 atom stereocenters. The van der Waals surface area contributed by atoms with Gasteiger partial charge in [-0.2, -0.15) is 5.10 Å². The molecule has 1 aromatic carbocycles. The molecule has 1 fully saturated rings. The predicted molar refractivity (Wildman–Crippen MR) is 118 cm³/mol. The second kappa shape index (κ2) is 9.45. The Bertz CT molecular complexity index is 1050. The van der Waals surface area contributed by atoms with Gasteiger partial charge in [-0.05, 0) is 31.5 Å². The van der Waals surface area contributed by atoms with Crippen LogP contribution in [0.3, 0.4) is 0 Å². The molecule has 0 bridgehead atoms. The van der Waals surface area contributed by atoms with Crippen molar-refractivity contribution in [3.63, 3.8) is 0 Å². The van der Waals surface area contributed by atoms with Crippen LogP contribution < -0.4 is 14.8 Å². The third kappa shape index (κ3) is 4.92. The Morgan fingerprint density at radius 2 is 2.03 bits per heavy atom. The van der Waals surface area contributed by atoms with Crippen LogP contribution in [0.1, 0.15) is 19.8 Å². The normalized spacial score (nSPS) is 14.7. The van der Waals surface area contributed by atoms with Gasteiger partial charge in [0, 0.05) is 30.8 Å². The lowest BCUT2D eigenvalue weighted by atomic mass is 10.1. The third-order valence-electron chi connectivity index (χ3n) is 5.33. The number of piperidine rings is 1. The van der Waals surface area contributed by atoms with E-state index in [-0.39, 0.29) is 11.9 Å². The van der Waals surface area contributed by atoms with Crippen LogP contribution in [0, 0.1) is 6.57 Å². The molecule has 3 heterocycles. The van der Waals surface area contributed by atoms with E-state index < -0.39 is 0 Å². The van der Waals surface area contributed by atoms with E-state index in [1.165, 1.54) is 12.4 Å². The van der Waals surface area contributed by atoms with E-state index in [0.717, 1.165) is 49.5 Å². The van der Waals surface area contributed by atoms with E-state index in [1.54, 1.807) is 7.11 Å². The van der Waals surface area contributed by atoms with Gasteiger partial charge >= 0.3 is 0 Å². The summed E-state index contributed by atoms with van der Waals surface area (Å²) in [5.74, 6) is 2.86. The number of methoxy groups -OCH3 is 1. The summed E-state index contributed by atoms with van der Waals surface area (Å²) in [6.45, 7) is 12.4. The van der Waals surface area contributed by atoms with E-state index in [0.29, 0.717) is 17.4 Å². The summed E-state index contributed by atoms with van der Waals surface area (Å²) in [6.07, 6.45) is 5.22. The Morgan fingerprint density at radius 1 is 1.19 bits per heavy atom. The molecule has 3 aromatic rings. The van der Waals surface area contributed by atoms with Crippen LogP contribution in [0.4, 0.5) is 17.5 Å². The number of nitrogens with zero attached hydrogens (tertiary/aromatic N) is 5. The molecule has 0 aliphatic carbocycles. The molecule has 9 heteroatoms. The fraction of sp³-hybridized carbons (Fsp3) is 0.364. The van der Waals surface area contributed by atoms with Crippen molar-refractivity contribution in [2.24, 2.45) is 0 Å². The van der Waals surface area contributed by atoms with Crippen molar-refractivity contribution in [2.75, 3.05) is 32.1 Å². The van der Waals surface area contributed by atoms with E-state index in [1.807, 2.05) is 24.3 Å². The van der Waals surface area contributed by atoms with Crippen molar-refractivity contribution in [3.8, 4) is 22.8 Å². The largest absolute Gasteiger partial charge is 0.496 e. The molecule has 31 heavy (non-hydrogen) atoms. The molecule has 0 unspecified atom stereocenters. The zero-order chi connectivity index (χ0) is 21.6. The van der Waals surface area contributed by atoms with E-state index in [2.05, 4.69) is 42.2 Å². The molecular formula is C22H25N7O2. The molecule has 0 spiro atoms. The summed E-state index contributed by atoms with van der Waals surface area (Å²) in [5, 5.41) is 10.4. The van der Waals surface area contributed by atoms with Crippen LogP contribution in [0.5, 0.6) is 11.5 Å². The molecule has 1 aliphatic heterocycles. The Kier molecular flexibility index (Phi) is 6.29. The highest BCUT2D eigenvalue weighted by Crippen LogP contribution is 2.34. The first kappa shape index (κ1) is 20.6. The number of ether oxygens (including phenoxy) is 2. The fourth-order valence-corrected chi connectivity index (χ4v) is 3.60. The maximum atomic E-state index is 6.94. The van der Waals surface area contributed by atoms with Gasteiger partial charge in [0.15, 0.2) is 17.8 Å². The lowest BCUT2D eigenvalue weighted by Crippen LogP contribution is -2.37. The number of rotatable bonds is 7. The average molecular weight is 419 g/mol. The maximum Gasteiger partial charge on any atom is 0.288 e. The average Bonchev–Trinajstić information content (AvgIpc) is 3.28. The predicted octanol–water partition coefficient (Wildman–Crippen LogP) is 4.03. The van der Waals surface area contributed by atoms with E-state index in [4.69, 9.17) is 16.0 Å². The quantitative estimate of drug-likeness (QED) is 0.559. The summed E-state index contributed by atoms with van der Waals surface area (Å²) in [4.78, 5) is 13.8. The summed E-state index contributed by atoms with van der Waals surface area (Å²) >= 11 is 0. The van der Waals surface area contributed by atoms with Gasteiger partial charge in [0.1, 0.15) is 17.6 Å². The van der Waals surface area contributed by atoms with Crippen LogP contribution in [-0.2, 0) is 0 Å². The van der Waals surface area contributed by atoms with Crippen LogP contribution >= 0.6 is 0 Å². The first-order chi connectivity index (χ1) is 15.2. The van der Waals surface area contributed by atoms with Gasteiger partial charge in [-0.1, -0.05) is 13.5 Å². The first-order valence-electron chi connectivity index (χ1n) is 10.3. The molecule has 9 nitrogen and oxygen atoms in total. The van der Waals surface area contributed by atoms with Crippen LogP contribution in [0.25, 0.3) is 16.1 Å². The number of nitrogens with one attached hydrogen (secondary N) is 2. The molecule has 1 saturated heterocycles. The van der Waals surface area contributed by atoms with Crippen molar-refractivity contribution >= 4 is 17.5 Å². The minimum absolute atomic E-state index is 0.233. The van der Waals surface area contributed by atoms with Crippen molar-refractivity contribution in [3.05, 3.63) is 48.1 Å². The van der Waals surface area contributed by atoms with Gasteiger partial charge in [0.05, 0.1) is 19.0 Å². The Hall–Kier alpha value is -3.64. The molecule has 4 rings (SSSR count). The van der Waals surface area contributed by atoms with Gasteiger partial charge in [-0.25, -0.2) is 4.98 Å². The Morgan fingerprint density at radius 3 is 2.71 bits per heavy atom. The molecule has 0 saturated carbocycles.